The van der Waals surface area contributed by atoms with Crippen LogP contribution in [0, 0.1) is 13.8 Å². The van der Waals surface area contributed by atoms with Gasteiger partial charge in [-0.3, -0.25) is 0 Å². The summed E-state index contributed by atoms with van der Waals surface area (Å²) in [4.78, 5) is 15.3. The summed E-state index contributed by atoms with van der Waals surface area (Å²) in [5.41, 5.74) is 9.20. The van der Waals surface area contributed by atoms with E-state index in [0.29, 0.717) is 23.6 Å². The number of benzene rings is 1. The normalized spacial score (nSPS) is 17.0. The lowest BCUT2D eigenvalue weighted by Gasteiger charge is -2.35. The van der Waals surface area contributed by atoms with Crippen molar-refractivity contribution in [2.75, 3.05) is 17.6 Å². The summed E-state index contributed by atoms with van der Waals surface area (Å²) in [7, 11) is 0. The van der Waals surface area contributed by atoms with Crippen molar-refractivity contribution in [3.63, 3.8) is 0 Å². The fraction of sp³-hybridized carbons (Fsp3) is 0.474. The summed E-state index contributed by atoms with van der Waals surface area (Å²) in [5.74, 6) is 1.88. The number of thioether (sulfide) groups is 1. The molecule has 8 heteroatoms. The molecule has 1 aromatic heterocycles. The molecule has 0 spiro atoms. The van der Waals surface area contributed by atoms with E-state index in [4.69, 9.17) is 18.0 Å². The minimum Gasteiger partial charge on any atom is -0.368 e. The molecule has 0 aliphatic carbocycles. The number of rotatable bonds is 4. The van der Waals surface area contributed by atoms with Gasteiger partial charge < -0.3 is 16.0 Å². The van der Waals surface area contributed by atoms with Gasteiger partial charge in [-0.25, -0.2) is 0 Å². The maximum atomic E-state index is 5.89. The molecule has 0 radical (unpaired) electrons. The zero-order valence-corrected chi connectivity index (χ0v) is 17.7. The second-order valence-corrected chi connectivity index (χ2v) is 8.58. The monoisotopic (exact) mass is 402 g/mol. The molecule has 3 N–H and O–H groups in total. The summed E-state index contributed by atoms with van der Waals surface area (Å²) < 4.78 is 0.907. The minimum absolute atomic E-state index is 0.213. The summed E-state index contributed by atoms with van der Waals surface area (Å²) >= 11 is 7.21. The van der Waals surface area contributed by atoms with Crippen LogP contribution in [0.5, 0.6) is 0 Å². The van der Waals surface area contributed by atoms with E-state index in [1.165, 1.54) is 24.8 Å². The molecule has 0 amide bonds. The third-order valence-electron chi connectivity index (χ3n) is 4.69. The topological polar surface area (TPSA) is 80.0 Å². The van der Waals surface area contributed by atoms with E-state index in [-0.39, 0.29) is 5.95 Å². The van der Waals surface area contributed by atoms with Gasteiger partial charge in [0.2, 0.25) is 11.9 Å². The number of aromatic nitrogens is 3. The zero-order chi connectivity index (χ0) is 19.4. The van der Waals surface area contributed by atoms with E-state index < -0.39 is 0 Å². The smallest absolute Gasteiger partial charge is 0.232 e. The van der Waals surface area contributed by atoms with Gasteiger partial charge in [0.25, 0.3) is 0 Å². The Labute approximate surface area is 170 Å². The van der Waals surface area contributed by atoms with E-state index in [1.54, 1.807) is 11.8 Å². The lowest BCUT2D eigenvalue weighted by molar-refractivity contribution is 0.267. The van der Waals surface area contributed by atoms with E-state index >= 15 is 0 Å². The molecule has 1 fully saturated rings. The van der Waals surface area contributed by atoms with Gasteiger partial charge in [0.05, 0.1) is 5.75 Å². The first-order valence-corrected chi connectivity index (χ1v) is 10.6. The molecule has 1 atom stereocenters. The molecule has 1 aromatic carbocycles. The molecule has 2 aromatic rings. The zero-order valence-electron chi connectivity index (χ0n) is 16.0. The highest BCUT2D eigenvalue weighted by molar-refractivity contribution is 8.22. The van der Waals surface area contributed by atoms with Crippen LogP contribution < -0.4 is 11.1 Å². The van der Waals surface area contributed by atoms with Crippen molar-refractivity contribution < 1.29 is 0 Å². The van der Waals surface area contributed by atoms with Gasteiger partial charge in [0.15, 0.2) is 0 Å². The molecule has 1 aliphatic rings. The lowest BCUT2D eigenvalue weighted by atomic mass is 10.1. The standard InChI is InChI=1S/C19H26N6S2/c1-12-7-8-15(13(2)10-12)21-18-23-16(22-17(20)24-18)11-27-19(26)25-9-5-4-6-14(25)3/h7-8,10,14H,4-6,9,11H2,1-3H3,(H3,20,21,22,23,24). The Morgan fingerprint density at radius 3 is 2.85 bits per heavy atom. The highest BCUT2D eigenvalue weighted by Gasteiger charge is 2.21. The molecule has 2 heterocycles. The third kappa shape index (κ3) is 5.29. The van der Waals surface area contributed by atoms with Crippen LogP contribution in [0.25, 0.3) is 0 Å². The second kappa shape index (κ2) is 8.84. The SMILES string of the molecule is Cc1ccc(Nc2nc(N)nc(CSC(=S)N3CCCCC3C)n2)c(C)c1. The predicted molar refractivity (Wildman–Crippen MR) is 117 cm³/mol. The van der Waals surface area contributed by atoms with Crippen molar-refractivity contribution in [2.24, 2.45) is 0 Å². The van der Waals surface area contributed by atoms with Crippen molar-refractivity contribution in [3.05, 3.63) is 35.2 Å². The Morgan fingerprint density at radius 1 is 1.30 bits per heavy atom. The highest BCUT2D eigenvalue weighted by Crippen LogP contribution is 2.24. The Kier molecular flexibility index (Phi) is 6.49. The number of aryl methyl sites for hydroxylation is 2. The number of likely N-dealkylation sites (tertiary alicyclic amines) is 1. The average molecular weight is 403 g/mol. The van der Waals surface area contributed by atoms with E-state index in [2.05, 4.69) is 58.1 Å². The molecule has 144 valence electrons. The predicted octanol–water partition coefficient (Wildman–Crippen LogP) is 4.21. The van der Waals surface area contributed by atoms with Crippen molar-refractivity contribution in [1.82, 2.24) is 19.9 Å². The van der Waals surface area contributed by atoms with Crippen LogP contribution in [0.15, 0.2) is 18.2 Å². The van der Waals surface area contributed by atoms with Crippen molar-refractivity contribution in [1.29, 1.82) is 0 Å². The maximum Gasteiger partial charge on any atom is 0.232 e. The van der Waals surface area contributed by atoms with Crippen molar-refractivity contribution in [2.45, 2.75) is 51.8 Å². The third-order valence-corrected chi connectivity index (χ3v) is 6.16. The van der Waals surface area contributed by atoms with Crippen molar-refractivity contribution in [3.8, 4) is 0 Å². The van der Waals surface area contributed by atoms with Crippen LogP contribution in [0.1, 0.15) is 43.1 Å². The van der Waals surface area contributed by atoms with Crippen LogP contribution in [0.3, 0.4) is 0 Å². The van der Waals surface area contributed by atoms with Gasteiger partial charge in [0, 0.05) is 18.3 Å². The molecule has 6 nitrogen and oxygen atoms in total. The molecule has 0 bridgehead atoms. The van der Waals surface area contributed by atoms with Gasteiger partial charge >= 0.3 is 0 Å². The summed E-state index contributed by atoms with van der Waals surface area (Å²) in [6, 6.07) is 6.69. The average Bonchev–Trinajstić information content (AvgIpc) is 2.62. The van der Waals surface area contributed by atoms with Crippen LogP contribution in [-0.2, 0) is 5.75 Å². The fourth-order valence-electron chi connectivity index (χ4n) is 3.21. The Bertz CT molecular complexity index is 826. The lowest BCUT2D eigenvalue weighted by Crippen LogP contribution is -2.39. The van der Waals surface area contributed by atoms with Crippen LogP contribution in [-0.4, -0.2) is 36.8 Å². The first-order valence-electron chi connectivity index (χ1n) is 9.20. The number of nitrogens with zero attached hydrogens (tertiary/aromatic N) is 4. The Hall–Kier alpha value is -1.93. The van der Waals surface area contributed by atoms with Gasteiger partial charge in [-0.15, -0.1) is 0 Å². The summed E-state index contributed by atoms with van der Waals surface area (Å²) in [6.07, 6.45) is 3.68. The first-order chi connectivity index (χ1) is 12.9. The van der Waals surface area contributed by atoms with Crippen LogP contribution in [0.2, 0.25) is 0 Å². The maximum absolute atomic E-state index is 5.89. The van der Waals surface area contributed by atoms with Crippen molar-refractivity contribution >= 4 is 45.9 Å². The second-order valence-electron chi connectivity index (χ2n) is 6.97. The summed E-state index contributed by atoms with van der Waals surface area (Å²) in [5, 5.41) is 3.24. The minimum atomic E-state index is 0.213. The molecular formula is C19H26N6S2. The number of nitrogens with one attached hydrogen (secondary N) is 1. The molecule has 0 saturated carbocycles. The van der Waals surface area contributed by atoms with Crippen LogP contribution >= 0.6 is 24.0 Å². The summed E-state index contributed by atoms with van der Waals surface area (Å²) in [6.45, 7) is 7.39. The van der Waals surface area contributed by atoms with Gasteiger partial charge in [-0.05, 0) is 51.7 Å². The van der Waals surface area contributed by atoms with Gasteiger partial charge in [-0.2, -0.15) is 15.0 Å². The quantitative estimate of drug-likeness (QED) is 0.736. The largest absolute Gasteiger partial charge is 0.368 e. The van der Waals surface area contributed by atoms with E-state index in [9.17, 15) is 0 Å². The Morgan fingerprint density at radius 2 is 2.11 bits per heavy atom. The number of hydrogen-bond donors (Lipinski definition) is 2. The molecule has 3 rings (SSSR count). The van der Waals surface area contributed by atoms with Gasteiger partial charge in [0.1, 0.15) is 10.1 Å². The Balaban J connectivity index is 1.67. The number of piperidine rings is 1. The highest BCUT2D eigenvalue weighted by atomic mass is 32.2. The molecule has 27 heavy (non-hydrogen) atoms. The number of hydrogen-bond acceptors (Lipinski definition) is 7. The molecular weight excluding hydrogens is 376 g/mol. The number of thiocarbonyl (C=S) groups is 1. The first kappa shape index (κ1) is 19.8. The molecule has 1 unspecified atom stereocenters. The number of nitrogens with two attached hydrogens (primary N) is 1. The van der Waals surface area contributed by atoms with Crippen LogP contribution in [0.4, 0.5) is 17.6 Å². The number of nitrogen functional groups attached to an aromatic ring is 1. The molecule has 1 aliphatic heterocycles. The van der Waals surface area contributed by atoms with E-state index in [0.717, 1.165) is 22.1 Å². The van der Waals surface area contributed by atoms with Gasteiger partial charge in [-0.1, -0.05) is 41.7 Å². The number of anilines is 3. The fourth-order valence-corrected chi connectivity index (χ4v) is 4.48. The van der Waals surface area contributed by atoms with E-state index in [1.807, 2.05) is 6.07 Å². The molecule has 1 saturated heterocycles.